The van der Waals surface area contributed by atoms with Crippen LogP contribution in [0.25, 0.3) is 0 Å². The van der Waals surface area contributed by atoms with Crippen LogP contribution < -0.4 is 16.0 Å². The number of nitrogens with zero attached hydrogens (tertiary/aromatic N) is 2. The number of para-hydroxylation sites is 1. The average molecular weight is 423 g/mol. The zero-order valence-electron chi connectivity index (χ0n) is 16.1. The fourth-order valence-corrected chi connectivity index (χ4v) is 4.06. The van der Waals surface area contributed by atoms with Crippen LogP contribution in [0, 0.1) is 11.3 Å². The zero-order valence-corrected chi connectivity index (χ0v) is 16.9. The lowest BCUT2D eigenvalue weighted by molar-refractivity contribution is -0.136. The molecule has 1 aliphatic heterocycles. The first kappa shape index (κ1) is 21.2. The number of amides is 4. The van der Waals surface area contributed by atoms with Crippen LogP contribution in [0.3, 0.4) is 0 Å². The molecule has 2 aromatic carbocycles. The molecule has 0 radical (unpaired) electrons. The van der Waals surface area contributed by atoms with E-state index in [-0.39, 0.29) is 30.8 Å². The number of thioether (sulfide) groups is 1. The number of nitrogens with one attached hydrogen (secondary N) is 3. The molecule has 8 nitrogen and oxygen atoms in total. The van der Waals surface area contributed by atoms with Crippen molar-refractivity contribution in [2.45, 2.75) is 12.5 Å². The van der Waals surface area contributed by atoms with Gasteiger partial charge in [0.1, 0.15) is 6.04 Å². The second-order valence-electron chi connectivity index (χ2n) is 6.55. The summed E-state index contributed by atoms with van der Waals surface area (Å²) < 4.78 is 0. The number of hydrogen-bond acceptors (Lipinski definition) is 5. The summed E-state index contributed by atoms with van der Waals surface area (Å²) in [7, 11) is 0. The molecule has 3 N–H and O–H groups in total. The molecule has 1 fully saturated rings. The molecule has 1 aliphatic rings. The van der Waals surface area contributed by atoms with Crippen molar-refractivity contribution >= 4 is 41.0 Å². The lowest BCUT2D eigenvalue weighted by Gasteiger charge is -2.23. The van der Waals surface area contributed by atoms with Gasteiger partial charge in [-0.05, 0) is 36.4 Å². The molecule has 0 aliphatic carbocycles. The third-order valence-electron chi connectivity index (χ3n) is 4.44. The van der Waals surface area contributed by atoms with Gasteiger partial charge in [-0.25, -0.2) is 4.79 Å². The van der Waals surface area contributed by atoms with Crippen molar-refractivity contribution in [3.05, 3.63) is 60.2 Å². The third-order valence-corrected chi connectivity index (χ3v) is 5.46. The second-order valence-corrected chi connectivity index (χ2v) is 7.55. The van der Waals surface area contributed by atoms with Gasteiger partial charge in [0.05, 0.1) is 17.5 Å². The Morgan fingerprint density at radius 1 is 1.03 bits per heavy atom. The van der Waals surface area contributed by atoms with E-state index in [1.165, 1.54) is 16.7 Å². The van der Waals surface area contributed by atoms with E-state index < -0.39 is 6.04 Å². The molecule has 30 heavy (non-hydrogen) atoms. The van der Waals surface area contributed by atoms with Crippen molar-refractivity contribution in [3.63, 3.8) is 0 Å². The van der Waals surface area contributed by atoms with Crippen molar-refractivity contribution in [3.8, 4) is 6.07 Å². The first-order chi connectivity index (χ1) is 14.6. The zero-order chi connectivity index (χ0) is 21.3. The predicted octanol–water partition coefficient (Wildman–Crippen LogP) is 2.61. The van der Waals surface area contributed by atoms with E-state index in [2.05, 4.69) is 16.0 Å². The highest BCUT2D eigenvalue weighted by Gasteiger charge is 2.34. The van der Waals surface area contributed by atoms with Crippen molar-refractivity contribution in [1.29, 1.82) is 5.26 Å². The number of nitriles is 1. The maximum absolute atomic E-state index is 12.6. The fraction of sp³-hybridized carbons (Fsp3) is 0.238. The van der Waals surface area contributed by atoms with E-state index >= 15 is 0 Å². The Kier molecular flexibility index (Phi) is 7.29. The largest absolute Gasteiger partial charge is 0.337 e. The first-order valence-electron chi connectivity index (χ1n) is 9.35. The van der Waals surface area contributed by atoms with E-state index in [1.807, 2.05) is 24.3 Å². The molecular weight excluding hydrogens is 402 g/mol. The van der Waals surface area contributed by atoms with Crippen molar-refractivity contribution in [1.82, 2.24) is 10.2 Å². The minimum atomic E-state index is -0.573. The minimum Gasteiger partial charge on any atom is -0.337 e. The SMILES string of the molecule is N#Cc1ccc(NC(=O)C2CSCN2C(=O)CCNC(=O)Nc2ccccc2)cc1. The summed E-state index contributed by atoms with van der Waals surface area (Å²) in [5, 5.41) is 17.0. The van der Waals surface area contributed by atoms with Crippen molar-refractivity contribution in [2.24, 2.45) is 0 Å². The molecule has 0 saturated carbocycles. The number of carbonyl (C=O) groups is 3. The van der Waals surface area contributed by atoms with Crippen LogP contribution in [0.5, 0.6) is 0 Å². The van der Waals surface area contributed by atoms with E-state index in [0.29, 0.717) is 28.6 Å². The number of urea groups is 1. The van der Waals surface area contributed by atoms with Gasteiger partial charge in [-0.2, -0.15) is 5.26 Å². The van der Waals surface area contributed by atoms with Crippen LogP contribution in [0.1, 0.15) is 12.0 Å². The first-order valence-corrected chi connectivity index (χ1v) is 10.5. The van der Waals surface area contributed by atoms with Gasteiger partial charge in [0.2, 0.25) is 11.8 Å². The van der Waals surface area contributed by atoms with Gasteiger partial charge >= 0.3 is 6.03 Å². The van der Waals surface area contributed by atoms with Gasteiger partial charge < -0.3 is 20.9 Å². The molecule has 1 atom stereocenters. The third kappa shape index (κ3) is 5.75. The number of benzene rings is 2. The van der Waals surface area contributed by atoms with Crippen LogP contribution in [0.2, 0.25) is 0 Å². The lowest BCUT2D eigenvalue weighted by Crippen LogP contribution is -2.45. The highest BCUT2D eigenvalue weighted by Crippen LogP contribution is 2.23. The molecule has 1 heterocycles. The van der Waals surface area contributed by atoms with Gasteiger partial charge in [-0.3, -0.25) is 9.59 Å². The fourth-order valence-electron chi connectivity index (χ4n) is 2.88. The standard InChI is InChI=1S/C21H21N5O3S/c22-12-15-6-8-17(9-7-15)24-20(28)18-13-30-14-26(18)19(27)10-11-23-21(29)25-16-4-2-1-3-5-16/h1-9,18H,10-11,13-14H2,(H,24,28)(H2,23,25,29). The molecule has 9 heteroatoms. The van der Waals surface area contributed by atoms with E-state index in [4.69, 9.17) is 5.26 Å². The van der Waals surface area contributed by atoms with E-state index in [1.54, 1.807) is 36.4 Å². The van der Waals surface area contributed by atoms with Crippen LogP contribution in [-0.4, -0.2) is 47.0 Å². The Balaban J connectivity index is 1.46. The maximum Gasteiger partial charge on any atom is 0.319 e. The molecule has 0 bridgehead atoms. The smallest absolute Gasteiger partial charge is 0.319 e. The van der Waals surface area contributed by atoms with Gasteiger partial charge in [-0.1, -0.05) is 18.2 Å². The number of anilines is 2. The molecule has 4 amide bonds. The van der Waals surface area contributed by atoms with Gasteiger partial charge in [0.15, 0.2) is 0 Å². The Labute approximate surface area is 178 Å². The summed E-state index contributed by atoms with van der Waals surface area (Å²) in [4.78, 5) is 38.6. The summed E-state index contributed by atoms with van der Waals surface area (Å²) >= 11 is 1.51. The molecule has 3 rings (SSSR count). The Morgan fingerprint density at radius 3 is 2.43 bits per heavy atom. The number of carbonyl (C=O) groups excluding carboxylic acids is 3. The van der Waals surface area contributed by atoms with E-state index in [9.17, 15) is 14.4 Å². The Hall–Kier alpha value is -3.51. The molecule has 2 aromatic rings. The molecule has 1 saturated heterocycles. The summed E-state index contributed by atoms with van der Waals surface area (Å²) in [5.41, 5.74) is 1.74. The quantitative estimate of drug-likeness (QED) is 0.661. The molecule has 1 unspecified atom stereocenters. The van der Waals surface area contributed by atoms with Gasteiger partial charge in [0, 0.05) is 30.1 Å². The van der Waals surface area contributed by atoms with Gasteiger partial charge in [-0.15, -0.1) is 11.8 Å². The number of rotatable bonds is 6. The number of hydrogen-bond donors (Lipinski definition) is 3. The topological polar surface area (TPSA) is 114 Å². The Bertz CT molecular complexity index is 943. The summed E-state index contributed by atoms with van der Waals surface area (Å²) in [6, 6.07) is 16.6. The minimum absolute atomic E-state index is 0.101. The predicted molar refractivity (Wildman–Crippen MR) is 116 cm³/mol. The Morgan fingerprint density at radius 2 is 1.73 bits per heavy atom. The lowest BCUT2D eigenvalue weighted by atomic mass is 10.2. The van der Waals surface area contributed by atoms with Crippen LogP contribution in [0.4, 0.5) is 16.2 Å². The highest BCUT2D eigenvalue weighted by atomic mass is 32.2. The molecule has 154 valence electrons. The average Bonchev–Trinajstić information content (AvgIpc) is 3.25. The van der Waals surface area contributed by atoms with Crippen LogP contribution in [0.15, 0.2) is 54.6 Å². The molecule has 0 spiro atoms. The summed E-state index contributed by atoms with van der Waals surface area (Å²) in [6.07, 6.45) is 0.101. The highest BCUT2D eigenvalue weighted by molar-refractivity contribution is 7.99. The van der Waals surface area contributed by atoms with Crippen LogP contribution in [-0.2, 0) is 9.59 Å². The summed E-state index contributed by atoms with van der Waals surface area (Å²) in [5.74, 6) is 0.476. The normalized spacial score (nSPS) is 15.2. The monoisotopic (exact) mass is 423 g/mol. The van der Waals surface area contributed by atoms with E-state index in [0.717, 1.165) is 0 Å². The maximum atomic E-state index is 12.6. The van der Waals surface area contributed by atoms with Crippen LogP contribution >= 0.6 is 11.8 Å². The van der Waals surface area contributed by atoms with Crippen molar-refractivity contribution in [2.75, 3.05) is 28.8 Å². The second kappa shape index (κ2) is 10.3. The van der Waals surface area contributed by atoms with Crippen molar-refractivity contribution < 1.29 is 14.4 Å². The van der Waals surface area contributed by atoms with Gasteiger partial charge in [0.25, 0.3) is 0 Å². The molecular formula is C21H21N5O3S. The molecule has 0 aromatic heterocycles. The summed E-state index contributed by atoms with van der Waals surface area (Å²) in [6.45, 7) is 0.169.